The number of para-hydroxylation sites is 1. The van der Waals surface area contributed by atoms with Crippen LogP contribution in [0.15, 0.2) is 42.5 Å². The molecular weight excluding hydrogens is 286 g/mol. The average molecular weight is 303 g/mol. The van der Waals surface area contributed by atoms with E-state index in [-0.39, 0.29) is 12.2 Å². The third-order valence-electron chi connectivity index (χ3n) is 4.86. The van der Waals surface area contributed by atoms with E-state index < -0.39 is 0 Å². The molecule has 2 aliphatic rings. The molecule has 0 N–H and O–H groups in total. The van der Waals surface area contributed by atoms with Crippen molar-refractivity contribution in [1.82, 2.24) is 4.98 Å². The summed E-state index contributed by atoms with van der Waals surface area (Å²) in [5.41, 5.74) is 5.47. The summed E-state index contributed by atoms with van der Waals surface area (Å²) in [4.78, 5) is 4.75. The predicted octanol–water partition coefficient (Wildman–Crippen LogP) is 4.81. The minimum Gasteiger partial charge on any atom is -0.485 e. The van der Waals surface area contributed by atoms with E-state index in [0.717, 1.165) is 45.6 Å². The lowest BCUT2D eigenvalue weighted by Gasteiger charge is -2.39. The molecule has 2 bridgehead atoms. The van der Waals surface area contributed by atoms with Crippen molar-refractivity contribution in [3.05, 3.63) is 64.8 Å². The smallest absolute Gasteiger partial charge is 0.138 e. The van der Waals surface area contributed by atoms with Crippen molar-refractivity contribution < 1.29 is 9.47 Å². The molecule has 1 aromatic heterocycles. The van der Waals surface area contributed by atoms with E-state index >= 15 is 0 Å². The van der Waals surface area contributed by atoms with Gasteiger partial charge in [-0.1, -0.05) is 23.8 Å². The molecule has 0 amide bonds. The van der Waals surface area contributed by atoms with Gasteiger partial charge in [0.2, 0.25) is 0 Å². The quantitative estimate of drug-likeness (QED) is 0.597. The van der Waals surface area contributed by atoms with Gasteiger partial charge in [-0.05, 0) is 38.1 Å². The molecule has 0 spiro atoms. The molecule has 3 nitrogen and oxygen atoms in total. The predicted molar refractivity (Wildman–Crippen MR) is 89.0 cm³/mol. The van der Waals surface area contributed by atoms with Gasteiger partial charge in [-0.2, -0.15) is 0 Å². The largest absolute Gasteiger partial charge is 0.485 e. The number of hydrogen-bond donors (Lipinski definition) is 0. The Labute approximate surface area is 134 Å². The summed E-state index contributed by atoms with van der Waals surface area (Å²) in [6.07, 6.45) is 0.932. The fraction of sp³-hybridized carbons (Fsp3) is 0.250. The van der Waals surface area contributed by atoms with Gasteiger partial charge in [0.25, 0.3) is 0 Å². The Balaban J connectivity index is 1.75. The Morgan fingerprint density at radius 1 is 1.00 bits per heavy atom. The SMILES string of the molecule is Cc1ccc2c(c1)[C@@H]1C[C@H](O2)c2c(C)nc3ccccc3c2O1. The molecule has 3 aromatic rings. The third-order valence-corrected chi connectivity index (χ3v) is 4.86. The standard InChI is InChI=1S/C20H17NO2/c1-11-7-8-16-14(9-11)17-10-18(22-16)19-12(2)21-15-6-4-3-5-13(15)20(19)23-17/h3-9,17-18H,10H2,1-2H3/t17-,18-/m0/s1. The summed E-state index contributed by atoms with van der Waals surface area (Å²) in [5.74, 6) is 1.89. The van der Waals surface area contributed by atoms with Crippen molar-refractivity contribution in [3.8, 4) is 11.5 Å². The van der Waals surface area contributed by atoms with E-state index in [2.05, 4.69) is 31.2 Å². The number of aromatic nitrogens is 1. The number of ether oxygens (including phenoxy) is 2. The van der Waals surface area contributed by atoms with Gasteiger partial charge in [0.15, 0.2) is 0 Å². The third kappa shape index (κ3) is 1.79. The minimum atomic E-state index is 0.0241. The van der Waals surface area contributed by atoms with Gasteiger partial charge >= 0.3 is 0 Å². The molecule has 0 unspecified atom stereocenters. The normalized spacial score (nSPS) is 21.1. The van der Waals surface area contributed by atoms with Crippen LogP contribution in [0.3, 0.4) is 0 Å². The number of pyridine rings is 1. The monoisotopic (exact) mass is 303 g/mol. The second-order valence-corrected chi connectivity index (χ2v) is 6.45. The van der Waals surface area contributed by atoms with Crippen LogP contribution in [-0.2, 0) is 0 Å². The van der Waals surface area contributed by atoms with Gasteiger partial charge in [0, 0.05) is 23.1 Å². The van der Waals surface area contributed by atoms with Crippen LogP contribution >= 0.6 is 0 Å². The maximum atomic E-state index is 6.46. The van der Waals surface area contributed by atoms with E-state index in [1.54, 1.807) is 0 Å². The number of hydrogen-bond acceptors (Lipinski definition) is 3. The van der Waals surface area contributed by atoms with E-state index in [9.17, 15) is 0 Å². The van der Waals surface area contributed by atoms with Crippen LogP contribution in [0, 0.1) is 13.8 Å². The van der Waals surface area contributed by atoms with Crippen molar-refractivity contribution >= 4 is 10.9 Å². The lowest BCUT2D eigenvalue weighted by atomic mass is 9.89. The van der Waals surface area contributed by atoms with Gasteiger partial charge in [0.1, 0.15) is 23.7 Å². The van der Waals surface area contributed by atoms with Gasteiger partial charge in [-0.3, -0.25) is 4.98 Å². The van der Waals surface area contributed by atoms with Crippen molar-refractivity contribution in [1.29, 1.82) is 0 Å². The zero-order valence-corrected chi connectivity index (χ0v) is 13.2. The summed E-state index contributed by atoms with van der Waals surface area (Å²) < 4.78 is 12.8. The highest BCUT2D eigenvalue weighted by molar-refractivity contribution is 5.87. The van der Waals surface area contributed by atoms with Crippen LogP contribution in [0.5, 0.6) is 11.5 Å². The highest BCUT2D eigenvalue weighted by atomic mass is 16.5. The molecule has 23 heavy (non-hydrogen) atoms. The lowest BCUT2D eigenvalue weighted by Crippen LogP contribution is -2.28. The summed E-state index contributed by atoms with van der Waals surface area (Å²) in [5, 5.41) is 1.07. The van der Waals surface area contributed by atoms with Crippen molar-refractivity contribution in [3.63, 3.8) is 0 Å². The Hall–Kier alpha value is -2.55. The molecular formula is C20H17NO2. The van der Waals surface area contributed by atoms with Gasteiger partial charge in [-0.15, -0.1) is 0 Å². The maximum Gasteiger partial charge on any atom is 0.138 e. The average Bonchev–Trinajstić information content (AvgIpc) is 2.55. The summed E-state index contributed by atoms with van der Waals surface area (Å²) >= 11 is 0. The summed E-state index contributed by atoms with van der Waals surface area (Å²) in [7, 11) is 0. The Bertz CT molecular complexity index is 948. The van der Waals surface area contributed by atoms with Gasteiger partial charge in [-0.25, -0.2) is 0 Å². The van der Waals surface area contributed by atoms with Crippen LogP contribution in [0.25, 0.3) is 10.9 Å². The minimum absolute atomic E-state index is 0.0241. The highest BCUT2D eigenvalue weighted by Crippen LogP contribution is 2.51. The van der Waals surface area contributed by atoms with E-state index in [1.807, 2.05) is 25.1 Å². The van der Waals surface area contributed by atoms with Crippen LogP contribution in [0.4, 0.5) is 0 Å². The van der Waals surface area contributed by atoms with Crippen molar-refractivity contribution in [2.24, 2.45) is 0 Å². The van der Waals surface area contributed by atoms with Crippen molar-refractivity contribution in [2.45, 2.75) is 32.5 Å². The fourth-order valence-corrected chi connectivity index (χ4v) is 3.80. The Morgan fingerprint density at radius 2 is 1.87 bits per heavy atom. The second kappa shape index (κ2) is 4.48. The molecule has 0 saturated carbocycles. The Morgan fingerprint density at radius 3 is 2.78 bits per heavy atom. The zero-order chi connectivity index (χ0) is 15.6. The number of fused-ring (bicyclic) bond motifs is 8. The first-order chi connectivity index (χ1) is 11.2. The molecule has 5 rings (SSSR count). The second-order valence-electron chi connectivity index (χ2n) is 6.45. The number of aryl methyl sites for hydroxylation is 2. The van der Waals surface area contributed by atoms with Gasteiger partial charge in [0.05, 0.1) is 11.1 Å². The van der Waals surface area contributed by atoms with E-state index in [4.69, 9.17) is 14.5 Å². The van der Waals surface area contributed by atoms with Gasteiger partial charge < -0.3 is 9.47 Å². The first-order valence-electron chi connectivity index (χ1n) is 8.04. The van der Waals surface area contributed by atoms with Crippen LogP contribution in [0.2, 0.25) is 0 Å². The first kappa shape index (κ1) is 12.9. The molecule has 3 heterocycles. The molecule has 2 atom stereocenters. The molecule has 3 heteroatoms. The maximum absolute atomic E-state index is 6.46. The number of nitrogens with zero attached hydrogens (tertiary/aromatic N) is 1. The molecule has 0 radical (unpaired) electrons. The van der Waals surface area contributed by atoms with E-state index in [1.165, 1.54) is 5.56 Å². The van der Waals surface area contributed by atoms with Crippen LogP contribution in [-0.4, -0.2) is 4.98 Å². The summed E-state index contributed by atoms with van der Waals surface area (Å²) in [6.45, 7) is 4.15. The number of benzene rings is 2. The first-order valence-corrected chi connectivity index (χ1v) is 8.04. The topological polar surface area (TPSA) is 31.4 Å². The molecule has 2 aromatic carbocycles. The zero-order valence-electron chi connectivity index (χ0n) is 13.2. The van der Waals surface area contributed by atoms with Crippen LogP contribution in [0.1, 0.15) is 41.0 Å². The lowest BCUT2D eigenvalue weighted by molar-refractivity contribution is 0.0540. The molecule has 0 saturated heterocycles. The molecule has 114 valence electrons. The molecule has 0 fully saturated rings. The highest BCUT2D eigenvalue weighted by Gasteiger charge is 2.39. The van der Waals surface area contributed by atoms with Crippen molar-refractivity contribution in [2.75, 3.05) is 0 Å². The summed E-state index contributed by atoms with van der Waals surface area (Å²) in [6, 6.07) is 14.5. The number of rotatable bonds is 0. The molecule has 0 aliphatic carbocycles. The van der Waals surface area contributed by atoms with Crippen LogP contribution < -0.4 is 9.47 Å². The van der Waals surface area contributed by atoms with E-state index in [0.29, 0.717) is 0 Å². The fourth-order valence-electron chi connectivity index (χ4n) is 3.80. The molecule has 2 aliphatic heterocycles. The Kier molecular flexibility index (Phi) is 2.52.